The molecule has 1 unspecified atom stereocenters. The van der Waals surface area contributed by atoms with E-state index in [-0.39, 0.29) is 23.7 Å². The Hall–Kier alpha value is -1.75. The first kappa shape index (κ1) is 22.1. The minimum absolute atomic E-state index is 0.0126. The van der Waals surface area contributed by atoms with Crippen LogP contribution in [0.5, 0.6) is 0 Å². The molecular weight excluding hydrogens is 443 g/mol. The molecule has 4 nitrogen and oxygen atoms in total. The summed E-state index contributed by atoms with van der Waals surface area (Å²) >= 11 is 12.4. The molecule has 3 aliphatic heterocycles. The molecule has 32 heavy (non-hydrogen) atoms. The fourth-order valence-corrected chi connectivity index (χ4v) is 6.16. The van der Waals surface area contributed by atoms with Crippen LogP contribution >= 0.6 is 23.2 Å². The van der Waals surface area contributed by atoms with Gasteiger partial charge in [0.25, 0.3) is 0 Å². The van der Waals surface area contributed by atoms with Crippen molar-refractivity contribution in [1.82, 2.24) is 10.2 Å². The van der Waals surface area contributed by atoms with Crippen LogP contribution in [0.3, 0.4) is 0 Å². The molecule has 3 heterocycles. The van der Waals surface area contributed by atoms with Gasteiger partial charge in [-0.05, 0) is 90.6 Å². The fraction of sp³-hybridized carbons (Fsp3) is 0.500. The molecule has 1 aliphatic carbocycles. The number of hydrogen-bond acceptors (Lipinski definition) is 3. The summed E-state index contributed by atoms with van der Waals surface area (Å²) in [6.45, 7) is 7.58. The van der Waals surface area contributed by atoms with Gasteiger partial charge < -0.3 is 10.1 Å². The highest BCUT2D eigenvalue weighted by Gasteiger charge is 2.40. The van der Waals surface area contributed by atoms with Crippen LogP contribution in [0.4, 0.5) is 4.79 Å². The van der Waals surface area contributed by atoms with Gasteiger partial charge in [0.05, 0.1) is 6.04 Å². The normalized spacial score (nSPS) is 28.1. The first-order valence-corrected chi connectivity index (χ1v) is 12.3. The van der Waals surface area contributed by atoms with Gasteiger partial charge in [-0.1, -0.05) is 55.2 Å². The monoisotopic (exact) mass is 472 g/mol. The number of amides is 1. The molecule has 2 atom stereocenters. The molecule has 0 spiro atoms. The van der Waals surface area contributed by atoms with Crippen molar-refractivity contribution in [1.29, 1.82) is 0 Å². The maximum atomic E-state index is 12.9. The van der Waals surface area contributed by atoms with Crippen LogP contribution in [0.15, 0.2) is 36.4 Å². The van der Waals surface area contributed by atoms with Gasteiger partial charge in [-0.25, -0.2) is 4.79 Å². The van der Waals surface area contributed by atoms with Gasteiger partial charge in [0.1, 0.15) is 6.10 Å². The third-order valence-corrected chi connectivity index (χ3v) is 8.02. The van der Waals surface area contributed by atoms with Crippen LogP contribution in [0.1, 0.15) is 50.3 Å². The van der Waals surface area contributed by atoms with Crippen molar-refractivity contribution in [2.45, 2.75) is 51.7 Å². The van der Waals surface area contributed by atoms with Crippen molar-refractivity contribution in [3.05, 3.63) is 57.6 Å². The van der Waals surface area contributed by atoms with Crippen LogP contribution in [0.2, 0.25) is 10.0 Å². The van der Waals surface area contributed by atoms with Gasteiger partial charge in [-0.2, -0.15) is 0 Å². The van der Waals surface area contributed by atoms with Crippen LogP contribution in [0.25, 0.3) is 11.1 Å². The molecule has 3 saturated heterocycles. The summed E-state index contributed by atoms with van der Waals surface area (Å²) in [5, 5.41) is 4.48. The molecular formula is C26H30Cl2N2O2. The van der Waals surface area contributed by atoms with Gasteiger partial charge in [0.2, 0.25) is 0 Å². The van der Waals surface area contributed by atoms with Gasteiger partial charge in [0.15, 0.2) is 0 Å². The van der Waals surface area contributed by atoms with E-state index >= 15 is 0 Å². The van der Waals surface area contributed by atoms with E-state index in [0.717, 1.165) is 56.4 Å². The molecule has 0 radical (unpaired) electrons. The summed E-state index contributed by atoms with van der Waals surface area (Å²) in [5.74, 6) is 0.504. The van der Waals surface area contributed by atoms with E-state index in [4.69, 9.17) is 27.9 Å². The van der Waals surface area contributed by atoms with E-state index in [9.17, 15) is 4.79 Å². The smallest absolute Gasteiger partial charge is 0.407 e. The Balaban J connectivity index is 1.36. The highest BCUT2D eigenvalue weighted by molar-refractivity contribution is 6.35. The summed E-state index contributed by atoms with van der Waals surface area (Å²) < 4.78 is 5.93. The maximum Gasteiger partial charge on any atom is 0.407 e. The lowest BCUT2D eigenvalue weighted by Crippen LogP contribution is -2.53. The summed E-state index contributed by atoms with van der Waals surface area (Å²) in [5.41, 5.74) is 4.46. The third kappa shape index (κ3) is 4.37. The molecule has 6 heteroatoms. The number of carbonyl (C=O) groups excluding carboxylic acids is 1. The Morgan fingerprint density at radius 2 is 1.78 bits per heavy atom. The van der Waals surface area contributed by atoms with Gasteiger partial charge in [-0.15, -0.1) is 0 Å². The Kier molecular flexibility index (Phi) is 5.90. The van der Waals surface area contributed by atoms with Crippen molar-refractivity contribution in [3.63, 3.8) is 0 Å². The van der Waals surface area contributed by atoms with Crippen molar-refractivity contribution in [2.24, 2.45) is 11.3 Å². The van der Waals surface area contributed by atoms with Gasteiger partial charge >= 0.3 is 6.09 Å². The standard InChI is InChI=1S/C26H30Cl2N2O2/c1-26(2)8-5-18-11-17(19-12-20(27)14-21(28)13-19)3-4-22(18)24(26)29-25(31)32-23-15-30-9-6-16(23)7-10-30/h3-4,11-14,16,23-24H,5-10,15H2,1-2H3,(H,29,31)/t23-,24?/m0/s1. The first-order valence-electron chi connectivity index (χ1n) is 11.6. The number of alkyl carbamates (subject to hydrolysis) is 1. The lowest BCUT2D eigenvalue weighted by atomic mass is 9.70. The Bertz CT molecular complexity index is 1010. The zero-order valence-corrected chi connectivity index (χ0v) is 20.2. The third-order valence-electron chi connectivity index (χ3n) is 7.59. The Morgan fingerprint density at radius 3 is 2.44 bits per heavy atom. The van der Waals surface area contributed by atoms with Gasteiger partial charge in [-0.3, -0.25) is 4.90 Å². The van der Waals surface area contributed by atoms with Crippen LogP contribution in [0, 0.1) is 11.3 Å². The Labute approximate surface area is 200 Å². The number of benzene rings is 2. The molecule has 2 aromatic rings. The van der Waals surface area contributed by atoms with Crippen LogP contribution < -0.4 is 5.32 Å². The quantitative estimate of drug-likeness (QED) is 0.554. The summed E-state index contributed by atoms with van der Waals surface area (Å²) in [6.07, 6.45) is 3.94. The number of carbonyl (C=O) groups is 1. The highest BCUT2D eigenvalue weighted by Crippen LogP contribution is 2.45. The lowest BCUT2D eigenvalue weighted by molar-refractivity contribution is -0.0353. The molecule has 170 valence electrons. The molecule has 4 aliphatic rings. The average molecular weight is 473 g/mol. The van der Waals surface area contributed by atoms with E-state index in [1.807, 2.05) is 12.1 Å². The van der Waals surface area contributed by atoms with E-state index < -0.39 is 0 Å². The van der Waals surface area contributed by atoms with E-state index in [1.54, 1.807) is 6.07 Å². The number of nitrogens with zero attached hydrogens (tertiary/aromatic N) is 1. The SMILES string of the molecule is CC1(C)CCc2cc(-c3cc(Cl)cc(Cl)c3)ccc2C1NC(=O)O[C@H]1CN2CCC1CC2. The summed E-state index contributed by atoms with van der Waals surface area (Å²) in [6, 6.07) is 12.0. The summed E-state index contributed by atoms with van der Waals surface area (Å²) in [7, 11) is 0. The zero-order chi connectivity index (χ0) is 22.5. The lowest BCUT2D eigenvalue weighted by Gasteiger charge is -2.44. The largest absolute Gasteiger partial charge is 0.445 e. The molecule has 1 amide bonds. The van der Waals surface area contributed by atoms with E-state index in [0.29, 0.717) is 16.0 Å². The predicted molar refractivity (Wildman–Crippen MR) is 129 cm³/mol. The number of halogens is 2. The number of hydrogen-bond donors (Lipinski definition) is 1. The molecule has 1 N–H and O–H groups in total. The van der Waals surface area contributed by atoms with Gasteiger partial charge in [0, 0.05) is 16.6 Å². The topological polar surface area (TPSA) is 41.6 Å². The van der Waals surface area contributed by atoms with E-state index in [1.165, 1.54) is 11.1 Å². The predicted octanol–water partition coefficient (Wildman–Crippen LogP) is 6.49. The number of ether oxygens (including phenoxy) is 1. The van der Waals surface area contributed by atoms with Crippen molar-refractivity contribution >= 4 is 29.3 Å². The Morgan fingerprint density at radius 1 is 1.06 bits per heavy atom. The second-order valence-corrected chi connectivity index (χ2v) is 11.1. The molecule has 2 aromatic carbocycles. The van der Waals surface area contributed by atoms with Crippen LogP contribution in [-0.4, -0.2) is 36.7 Å². The maximum absolute atomic E-state index is 12.9. The number of nitrogens with one attached hydrogen (secondary N) is 1. The summed E-state index contributed by atoms with van der Waals surface area (Å²) in [4.78, 5) is 15.3. The first-order chi connectivity index (χ1) is 15.3. The minimum Gasteiger partial charge on any atom is -0.445 e. The fourth-order valence-electron chi connectivity index (χ4n) is 5.63. The molecule has 6 rings (SSSR count). The second-order valence-electron chi connectivity index (χ2n) is 10.2. The average Bonchev–Trinajstić information content (AvgIpc) is 2.75. The highest BCUT2D eigenvalue weighted by atomic mass is 35.5. The van der Waals surface area contributed by atoms with Crippen LogP contribution in [-0.2, 0) is 11.2 Å². The molecule has 0 aromatic heterocycles. The number of aryl methyl sites for hydroxylation is 1. The molecule has 0 saturated carbocycles. The minimum atomic E-state index is -0.291. The number of piperidine rings is 3. The zero-order valence-electron chi connectivity index (χ0n) is 18.7. The molecule has 2 bridgehead atoms. The number of rotatable bonds is 3. The van der Waals surface area contributed by atoms with Crippen molar-refractivity contribution < 1.29 is 9.53 Å². The molecule has 3 fully saturated rings. The van der Waals surface area contributed by atoms with Crippen molar-refractivity contribution in [2.75, 3.05) is 19.6 Å². The van der Waals surface area contributed by atoms with E-state index in [2.05, 4.69) is 42.3 Å². The number of fused-ring (bicyclic) bond motifs is 4. The second kappa shape index (κ2) is 8.55. The van der Waals surface area contributed by atoms with Crippen molar-refractivity contribution in [3.8, 4) is 11.1 Å².